The van der Waals surface area contributed by atoms with Crippen LogP contribution in [-0.4, -0.2) is 30.1 Å². The van der Waals surface area contributed by atoms with Gasteiger partial charge in [0.1, 0.15) is 5.60 Å². The Labute approximate surface area is 196 Å². The van der Waals surface area contributed by atoms with E-state index >= 15 is 0 Å². The van der Waals surface area contributed by atoms with Gasteiger partial charge in [0.05, 0.1) is 11.0 Å². The van der Waals surface area contributed by atoms with Crippen LogP contribution in [0, 0.1) is 22.2 Å². The molecule has 32 heavy (non-hydrogen) atoms. The summed E-state index contributed by atoms with van der Waals surface area (Å²) in [6, 6.07) is 0. The van der Waals surface area contributed by atoms with Crippen molar-refractivity contribution in [1.29, 1.82) is 0 Å². The highest BCUT2D eigenvalue weighted by molar-refractivity contribution is 5.78. The fourth-order valence-electron chi connectivity index (χ4n) is 6.16. The molecule has 1 heterocycles. The van der Waals surface area contributed by atoms with Crippen molar-refractivity contribution < 1.29 is 19.0 Å². The maximum Gasteiger partial charge on any atom is 0.313 e. The number of ether oxygens (including phenoxy) is 3. The van der Waals surface area contributed by atoms with Crippen LogP contribution in [0.2, 0.25) is 0 Å². The smallest absolute Gasteiger partial charge is 0.313 e. The first-order valence-corrected chi connectivity index (χ1v) is 12.8. The fraction of sp³-hybridized carbons (Fsp3) is 0.893. The molecular weight excluding hydrogens is 400 g/mol. The van der Waals surface area contributed by atoms with Gasteiger partial charge in [-0.2, -0.15) is 0 Å². The van der Waals surface area contributed by atoms with Crippen molar-refractivity contribution in [3.8, 4) is 0 Å². The molecule has 1 saturated carbocycles. The Morgan fingerprint density at radius 2 is 1.75 bits per heavy atom. The van der Waals surface area contributed by atoms with Gasteiger partial charge in [0.15, 0.2) is 6.29 Å². The van der Waals surface area contributed by atoms with E-state index < -0.39 is 11.0 Å². The summed E-state index contributed by atoms with van der Waals surface area (Å²) in [6.45, 7) is 20.2. The van der Waals surface area contributed by atoms with E-state index in [0.717, 1.165) is 51.6 Å². The molecule has 4 rings (SSSR count). The number of carbonyl (C=O) groups excluding carboxylic acids is 1. The Morgan fingerprint density at radius 1 is 1.09 bits per heavy atom. The van der Waals surface area contributed by atoms with Crippen molar-refractivity contribution in [3.05, 3.63) is 11.6 Å². The number of esters is 1. The maximum atomic E-state index is 13.9. The lowest BCUT2D eigenvalue weighted by molar-refractivity contribution is -0.239. The minimum absolute atomic E-state index is 0.0263. The second kappa shape index (κ2) is 8.73. The van der Waals surface area contributed by atoms with Crippen molar-refractivity contribution in [1.82, 2.24) is 0 Å². The summed E-state index contributed by atoms with van der Waals surface area (Å²) in [5.41, 5.74) is -0.383. The summed E-state index contributed by atoms with van der Waals surface area (Å²) in [4.78, 5) is 13.9. The standard InChI is InChI=1S/C28H48O4/c1-24(2,3)18-28(9,25(4,5)6)23(29)32-27(8)17-21-14-20(15-21)16-26(7,19-27)31-22-12-10-11-13-30-22/h17,20,22H,10-16,18-19H2,1-9H3. The Bertz CT molecular complexity index is 713. The minimum atomic E-state index is -0.675. The molecule has 0 aromatic rings. The molecule has 4 atom stereocenters. The fourth-order valence-corrected chi connectivity index (χ4v) is 6.16. The Balaban J connectivity index is 1.85. The molecule has 2 bridgehead atoms. The van der Waals surface area contributed by atoms with Gasteiger partial charge in [-0.05, 0) is 88.5 Å². The van der Waals surface area contributed by atoms with E-state index in [1.54, 1.807) is 0 Å². The topological polar surface area (TPSA) is 44.8 Å². The van der Waals surface area contributed by atoms with Crippen LogP contribution in [0.1, 0.15) is 114 Å². The van der Waals surface area contributed by atoms with E-state index in [-0.39, 0.29) is 28.7 Å². The first-order chi connectivity index (χ1) is 14.5. The molecule has 2 fully saturated rings. The molecule has 0 amide bonds. The van der Waals surface area contributed by atoms with Crippen molar-refractivity contribution in [2.24, 2.45) is 22.2 Å². The van der Waals surface area contributed by atoms with E-state index in [1.165, 1.54) is 5.57 Å². The molecule has 0 N–H and O–H groups in total. The highest BCUT2D eigenvalue weighted by atomic mass is 16.7. The van der Waals surface area contributed by atoms with Gasteiger partial charge < -0.3 is 14.2 Å². The predicted molar refractivity (Wildman–Crippen MR) is 129 cm³/mol. The van der Waals surface area contributed by atoms with Crippen LogP contribution in [0.4, 0.5) is 0 Å². The zero-order valence-electron chi connectivity index (χ0n) is 22.2. The van der Waals surface area contributed by atoms with Crippen LogP contribution in [0.3, 0.4) is 0 Å². The summed E-state index contributed by atoms with van der Waals surface area (Å²) in [5, 5.41) is 0. The van der Waals surface area contributed by atoms with Crippen LogP contribution in [0.15, 0.2) is 11.6 Å². The molecule has 4 heteroatoms. The van der Waals surface area contributed by atoms with E-state index in [1.807, 2.05) is 0 Å². The number of carbonyl (C=O) groups is 1. The Hall–Kier alpha value is -0.870. The maximum absolute atomic E-state index is 13.9. The molecule has 3 aliphatic carbocycles. The predicted octanol–water partition coefficient (Wildman–Crippen LogP) is 7.21. The van der Waals surface area contributed by atoms with E-state index in [9.17, 15) is 4.79 Å². The molecule has 1 saturated heterocycles. The average Bonchev–Trinajstić information content (AvgIpc) is 2.56. The van der Waals surface area contributed by atoms with Crippen molar-refractivity contribution in [3.63, 3.8) is 0 Å². The number of rotatable bonds is 5. The lowest BCUT2D eigenvalue weighted by Gasteiger charge is -2.49. The lowest BCUT2D eigenvalue weighted by Crippen LogP contribution is -2.51. The average molecular weight is 449 g/mol. The van der Waals surface area contributed by atoms with Gasteiger partial charge in [0.2, 0.25) is 0 Å². The number of hydrogen-bond donors (Lipinski definition) is 0. The molecule has 0 spiro atoms. The molecule has 4 unspecified atom stereocenters. The van der Waals surface area contributed by atoms with Gasteiger partial charge >= 0.3 is 5.97 Å². The van der Waals surface area contributed by atoms with Gasteiger partial charge in [-0.1, -0.05) is 47.1 Å². The summed E-state index contributed by atoms with van der Waals surface area (Å²) < 4.78 is 19.0. The van der Waals surface area contributed by atoms with Gasteiger partial charge in [0, 0.05) is 13.0 Å². The molecule has 0 aromatic heterocycles. The first-order valence-electron chi connectivity index (χ1n) is 12.8. The van der Waals surface area contributed by atoms with Crippen molar-refractivity contribution in [2.45, 2.75) is 131 Å². The second-order valence-corrected chi connectivity index (χ2v) is 13.8. The molecule has 1 aliphatic heterocycles. The number of allylic oxidation sites excluding steroid dienone is 1. The summed E-state index contributed by atoms with van der Waals surface area (Å²) in [7, 11) is 0. The quantitative estimate of drug-likeness (QED) is 0.329. The third-order valence-corrected chi connectivity index (χ3v) is 7.93. The third-order valence-electron chi connectivity index (χ3n) is 7.93. The second-order valence-electron chi connectivity index (χ2n) is 13.8. The molecule has 4 aliphatic rings. The van der Waals surface area contributed by atoms with Gasteiger partial charge in [-0.15, -0.1) is 0 Å². The number of hydrogen-bond acceptors (Lipinski definition) is 4. The molecule has 184 valence electrons. The lowest BCUT2D eigenvalue weighted by atomic mass is 9.61. The largest absolute Gasteiger partial charge is 0.455 e. The molecule has 4 nitrogen and oxygen atoms in total. The zero-order chi connectivity index (χ0) is 24.0. The van der Waals surface area contributed by atoms with E-state index in [2.05, 4.69) is 68.4 Å². The van der Waals surface area contributed by atoms with Gasteiger partial charge in [-0.3, -0.25) is 4.79 Å². The highest BCUT2D eigenvalue weighted by Crippen LogP contribution is 2.51. The van der Waals surface area contributed by atoms with E-state index in [4.69, 9.17) is 14.2 Å². The van der Waals surface area contributed by atoms with Crippen LogP contribution >= 0.6 is 0 Å². The van der Waals surface area contributed by atoms with Gasteiger partial charge in [-0.25, -0.2) is 0 Å². The zero-order valence-corrected chi connectivity index (χ0v) is 22.2. The van der Waals surface area contributed by atoms with Gasteiger partial charge in [0.25, 0.3) is 0 Å². The minimum Gasteiger partial charge on any atom is -0.455 e. The molecular formula is C28H48O4. The van der Waals surface area contributed by atoms with Crippen LogP contribution in [0.5, 0.6) is 0 Å². The Kier molecular flexibility index (Phi) is 7.02. The Morgan fingerprint density at radius 3 is 2.28 bits per heavy atom. The third kappa shape index (κ3) is 5.97. The monoisotopic (exact) mass is 448 g/mol. The summed E-state index contributed by atoms with van der Waals surface area (Å²) >= 11 is 0. The first kappa shape index (κ1) is 25.7. The van der Waals surface area contributed by atoms with Crippen LogP contribution < -0.4 is 0 Å². The highest BCUT2D eigenvalue weighted by Gasteiger charge is 2.51. The SMILES string of the molecule is CC(C)(C)CC(C)(C(=O)OC1(C)C=C2CC(C2)CC(C)(OC2CCCCO2)C1)C(C)(C)C. The van der Waals surface area contributed by atoms with Crippen molar-refractivity contribution in [2.75, 3.05) is 6.61 Å². The molecule has 0 radical (unpaired) electrons. The van der Waals surface area contributed by atoms with E-state index in [0.29, 0.717) is 12.3 Å². The molecule has 0 aromatic carbocycles. The van der Waals surface area contributed by atoms with Crippen LogP contribution in [0.25, 0.3) is 0 Å². The summed E-state index contributed by atoms with van der Waals surface area (Å²) in [5.74, 6) is 0.572. The van der Waals surface area contributed by atoms with Crippen molar-refractivity contribution >= 4 is 5.97 Å². The van der Waals surface area contributed by atoms with Crippen LogP contribution in [-0.2, 0) is 19.0 Å². The summed E-state index contributed by atoms with van der Waals surface area (Å²) in [6.07, 6.45) is 9.94. The number of fused-ring (bicyclic) bond motifs is 4. The normalized spacial score (nSPS) is 35.6.